The Kier molecular flexibility index (Phi) is 6.12. The van der Waals surface area contributed by atoms with Crippen LogP contribution in [-0.2, 0) is 4.74 Å². The summed E-state index contributed by atoms with van der Waals surface area (Å²) in [4.78, 5) is 0. The van der Waals surface area contributed by atoms with Crippen LogP contribution in [0.5, 0.6) is 0 Å². The first-order valence-electron chi connectivity index (χ1n) is 3.80. The third kappa shape index (κ3) is 6.04. The fraction of sp³-hybridized carbons (Fsp3) is 0.750. The molecule has 0 saturated carbocycles. The van der Waals surface area contributed by atoms with Crippen LogP contribution in [0, 0.1) is 0 Å². The van der Waals surface area contributed by atoms with Crippen LogP contribution < -0.4 is 11.3 Å². The van der Waals surface area contributed by atoms with Crippen molar-refractivity contribution in [2.24, 2.45) is 5.84 Å². The fourth-order valence-corrected chi connectivity index (χ4v) is 0.925. The normalized spacial score (nSPS) is 13.0. The van der Waals surface area contributed by atoms with Gasteiger partial charge in [-0.3, -0.25) is 11.3 Å². The van der Waals surface area contributed by atoms with Gasteiger partial charge in [0.2, 0.25) is 0 Å². The summed E-state index contributed by atoms with van der Waals surface area (Å²) in [7, 11) is 1.69. The van der Waals surface area contributed by atoms with E-state index in [2.05, 4.69) is 12.0 Å². The highest BCUT2D eigenvalue weighted by atomic mass is 16.5. The number of ether oxygens (including phenoxy) is 1. The van der Waals surface area contributed by atoms with Crippen molar-refractivity contribution in [1.29, 1.82) is 0 Å². The maximum Gasteiger partial charge on any atom is 0.0477 e. The summed E-state index contributed by atoms with van der Waals surface area (Å²) < 4.78 is 4.93. The van der Waals surface area contributed by atoms with E-state index in [1.54, 1.807) is 7.11 Å². The lowest BCUT2D eigenvalue weighted by molar-refractivity contribution is 0.182. The highest BCUT2D eigenvalue weighted by molar-refractivity contribution is 4.92. The van der Waals surface area contributed by atoms with Crippen LogP contribution in [0.25, 0.3) is 0 Å². The largest absolute Gasteiger partial charge is 0.385 e. The first-order chi connectivity index (χ1) is 5.20. The second-order valence-electron chi connectivity index (χ2n) is 2.81. The number of hydrogen-bond donors (Lipinski definition) is 2. The number of methoxy groups -OCH3 is 1. The van der Waals surface area contributed by atoms with Crippen LogP contribution in [0.2, 0.25) is 0 Å². The van der Waals surface area contributed by atoms with Crippen molar-refractivity contribution >= 4 is 0 Å². The van der Waals surface area contributed by atoms with Gasteiger partial charge in [-0.25, -0.2) is 0 Å². The minimum absolute atomic E-state index is 0.299. The molecule has 11 heavy (non-hydrogen) atoms. The first-order valence-corrected chi connectivity index (χ1v) is 3.80. The van der Waals surface area contributed by atoms with Crippen molar-refractivity contribution in [3.8, 4) is 0 Å². The summed E-state index contributed by atoms with van der Waals surface area (Å²) in [5.41, 5.74) is 3.87. The quantitative estimate of drug-likeness (QED) is 0.342. The number of rotatable bonds is 6. The molecule has 0 saturated heterocycles. The Bertz CT molecular complexity index is 115. The first kappa shape index (κ1) is 10.6. The van der Waals surface area contributed by atoms with Gasteiger partial charge >= 0.3 is 0 Å². The molecule has 66 valence electrons. The molecule has 0 fully saturated rings. The smallest absolute Gasteiger partial charge is 0.0477 e. The summed E-state index contributed by atoms with van der Waals surface area (Å²) in [5.74, 6) is 5.32. The lowest BCUT2D eigenvalue weighted by Crippen LogP contribution is -2.36. The SMILES string of the molecule is C=C(C)CC(CCOC)NN. The Morgan fingerprint density at radius 3 is 2.73 bits per heavy atom. The fourth-order valence-electron chi connectivity index (χ4n) is 0.925. The Morgan fingerprint density at radius 1 is 1.73 bits per heavy atom. The van der Waals surface area contributed by atoms with Crippen molar-refractivity contribution < 1.29 is 4.74 Å². The van der Waals surface area contributed by atoms with Crippen molar-refractivity contribution in [2.45, 2.75) is 25.8 Å². The number of nitrogens with one attached hydrogen (secondary N) is 1. The molecule has 0 radical (unpaired) electrons. The van der Waals surface area contributed by atoms with Crippen LogP contribution in [0.15, 0.2) is 12.2 Å². The van der Waals surface area contributed by atoms with Crippen LogP contribution in [0.1, 0.15) is 19.8 Å². The second-order valence-corrected chi connectivity index (χ2v) is 2.81. The van der Waals surface area contributed by atoms with E-state index in [1.165, 1.54) is 0 Å². The Morgan fingerprint density at radius 2 is 2.36 bits per heavy atom. The van der Waals surface area contributed by atoms with Crippen LogP contribution in [0.3, 0.4) is 0 Å². The average molecular weight is 158 g/mol. The zero-order valence-electron chi connectivity index (χ0n) is 7.39. The molecule has 0 heterocycles. The molecular formula is C8H18N2O. The number of hydrazine groups is 1. The summed E-state index contributed by atoms with van der Waals surface area (Å²) in [6.45, 7) is 6.55. The summed E-state index contributed by atoms with van der Waals surface area (Å²) in [5, 5.41) is 0. The third-order valence-corrected chi connectivity index (χ3v) is 1.50. The van der Waals surface area contributed by atoms with Crippen molar-refractivity contribution in [3.05, 3.63) is 12.2 Å². The van der Waals surface area contributed by atoms with Gasteiger partial charge in [-0.05, 0) is 19.8 Å². The van der Waals surface area contributed by atoms with E-state index in [0.717, 1.165) is 25.0 Å². The van der Waals surface area contributed by atoms with Crippen LogP contribution >= 0.6 is 0 Å². The molecule has 0 aliphatic rings. The molecule has 0 aromatic rings. The predicted molar refractivity (Wildman–Crippen MR) is 47.0 cm³/mol. The van der Waals surface area contributed by atoms with Gasteiger partial charge in [-0.1, -0.05) is 5.57 Å². The Labute approximate surface area is 68.6 Å². The van der Waals surface area contributed by atoms with Crippen molar-refractivity contribution in [1.82, 2.24) is 5.43 Å². The highest BCUT2D eigenvalue weighted by Crippen LogP contribution is 2.04. The molecular weight excluding hydrogens is 140 g/mol. The lowest BCUT2D eigenvalue weighted by atomic mass is 10.1. The van der Waals surface area contributed by atoms with Gasteiger partial charge in [0.15, 0.2) is 0 Å². The van der Waals surface area contributed by atoms with Gasteiger partial charge in [-0.2, -0.15) is 0 Å². The van der Waals surface area contributed by atoms with Gasteiger partial charge in [0.25, 0.3) is 0 Å². The van der Waals surface area contributed by atoms with Gasteiger partial charge in [0.1, 0.15) is 0 Å². The van der Waals surface area contributed by atoms with E-state index < -0.39 is 0 Å². The molecule has 0 rings (SSSR count). The predicted octanol–water partition coefficient (Wildman–Crippen LogP) is 0.821. The van der Waals surface area contributed by atoms with E-state index in [4.69, 9.17) is 10.6 Å². The van der Waals surface area contributed by atoms with E-state index in [0.29, 0.717) is 6.04 Å². The van der Waals surface area contributed by atoms with Gasteiger partial charge in [0.05, 0.1) is 0 Å². The van der Waals surface area contributed by atoms with E-state index in [-0.39, 0.29) is 0 Å². The van der Waals surface area contributed by atoms with Crippen molar-refractivity contribution in [3.63, 3.8) is 0 Å². The second kappa shape index (κ2) is 6.34. The molecule has 1 atom stereocenters. The highest BCUT2D eigenvalue weighted by Gasteiger charge is 2.04. The van der Waals surface area contributed by atoms with Gasteiger partial charge in [0, 0.05) is 19.8 Å². The van der Waals surface area contributed by atoms with E-state index >= 15 is 0 Å². The molecule has 0 aliphatic carbocycles. The van der Waals surface area contributed by atoms with Crippen molar-refractivity contribution in [2.75, 3.05) is 13.7 Å². The maximum atomic E-state index is 5.32. The molecule has 0 bridgehead atoms. The molecule has 3 heteroatoms. The van der Waals surface area contributed by atoms with E-state index in [1.807, 2.05) is 6.92 Å². The lowest BCUT2D eigenvalue weighted by Gasteiger charge is -2.14. The van der Waals surface area contributed by atoms with Gasteiger partial charge in [-0.15, -0.1) is 6.58 Å². The van der Waals surface area contributed by atoms with Crippen LogP contribution in [0.4, 0.5) is 0 Å². The maximum absolute atomic E-state index is 5.32. The Balaban J connectivity index is 3.49. The average Bonchev–Trinajstić information content (AvgIpc) is 1.97. The standard InChI is InChI=1S/C8H18N2O/c1-7(2)6-8(10-9)4-5-11-3/h8,10H,1,4-6,9H2,2-3H3. The molecule has 0 spiro atoms. The Hall–Kier alpha value is -0.380. The zero-order chi connectivity index (χ0) is 8.69. The molecule has 3 nitrogen and oxygen atoms in total. The monoisotopic (exact) mass is 158 g/mol. The number of nitrogens with two attached hydrogens (primary N) is 1. The minimum atomic E-state index is 0.299. The molecule has 3 N–H and O–H groups in total. The molecule has 0 amide bonds. The van der Waals surface area contributed by atoms with Gasteiger partial charge < -0.3 is 4.74 Å². The summed E-state index contributed by atoms with van der Waals surface area (Å²) in [6, 6.07) is 0.299. The topological polar surface area (TPSA) is 47.3 Å². The summed E-state index contributed by atoms with van der Waals surface area (Å²) in [6.07, 6.45) is 1.85. The zero-order valence-corrected chi connectivity index (χ0v) is 7.39. The van der Waals surface area contributed by atoms with E-state index in [9.17, 15) is 0 Å². The molecule has 0 aliphatic heterocycles. The summed E-state index contributed by atoms with van der Waals surface area (Å²) >= 11 is 0. The molecule has 0 aromatic carbocycles. The third-order valence-electron chi connectivity index (χ3n) is 1.50. The number of hydrogen-bond acceptors (Lipinski definition) is 3. The minimum Gasteiger partial charge on any atom is -0.385 e. The van der Waals surface area contributed by atoms with Crippen LogP contribution in [-0.4, -0.2) is 19.8 Å². The molecule has 1 unspecified atom stereocenters. The molecule has 0 aromatic heterocycles.